The van der Waals surface area contributed by atoms with Gasteiger partial charge < -0.3 is 10.6 Å². The Labute approximate surface area is 215 Å². The van der Waals surface area contributed by atoms with Crippen LogP contribution in [-0.4, -0.2) is 37.3 Å². The Balaban J connectivity index is 2.23. The van der Waals surface area contributed by atoms with Crippen LogP contribution in [0.3, 0.4) is 0 Å². The van der Waals surface area contributed by atoms with Crippen LogP contribution in [0.1, 0.15) is 33.0 Å². The number of allylic oxidation sites excluding steroid dienone is 1. The van der Waals surface area contributed by atoms with Gasteiger partial charge in [-0.05, 0) is 48.4 Å². The van der Waals surface area contributed by atoms with Crippen molar-refractivity contribution in [2.45, 2.75) is 25.2 Å². The van der Waals surface area contributed by atoms with E-state index in [1.165, 1.54) is 6.92 Å². The molecule has 0 saturated heterocycles. The summed E-state index contributed by atoms with van der Waals surface area (Å²) in [5.74, 6) is -5.64. The molecule has 0 radical (unpaired) electrons. The summed E-state index contributed by atoms with van der Waals surface area (Å²) in [7, 11) is 0. The number of aryl methyl sites for hydroxylation is 1. The predicted molar refractivity (Wildman–Crippen MR) is 122 cm³/mol. The van der Waals surface area contributed by atoms with Gasteiger partial charge in [0.05, 0.1) is 21.6 Å². The van der Waals surface area contributed by atoms with E-state index in [2.05, 4.69) is 5.32 Å². The van der Waals surface area contributed by atoms with Gasteiger partial charge in [0, 0.05) is 11.1 Å². The number of carbonyl (C=O) groups excluding carboxylic acids is 2. The first-order valence-electron chi connectivity index (χ1n) is 9.80. The first-order valence-corrected chi connectivity index (χ1v) is 10.9. The average molecular weight is 580 g/mol. The molecule has 2 N–H and O–H groups in total. The minimum atomic E-state index is -4.92. The van der Waals surface area contributed by atoms with Crippen molar-refractivity contribution in [2.24, 2.45) is 0 Å². The molecule has 196 valence electrons. The van der Waals surface area contributed by atoms with Gasteiger partial charge in [-0.2, -0.15) is 26.3 Å². The van der Waals surface area contributed by atoms with Crippen LogP contribution >= 0.6 is 34.8 Å². The maximum atomic E-state index is 14.9. The molecule has 1 atom stereocenters. The number of benzene rings is 2. The van der Waals surface area contributed by atoms with Crippen LogP contribution in [-0.2, 0) is 4.79 Å². The number of alkyl halides is 6. The van der Waals surface area contributed by atoms with Crippen LogP contribution < -0.4 is 10.6 Å². The molecule has 0 bridgehead atoms. The van der Waals surface area contributed by atoms with Crippen molar-refractivity contribution in [3.63, 3.8) is 0 Å². The second-order valence-corrected chi connectivity index (χ2v) is 8.63. The fraction of sp³-hybridized carbons (Fsp3) is 0.273. The first kappa shape index (κ1) is 29.7. The Morgan fingerprint density at radius 1 is 0.972 bits per heavy atom. The van der Waals surface area contributed by atoms with Gasteiger partial charge >= 0.3 is 12.4 Å². The van der Waals surface area contributed by atoms with Gasteiger partial charge in [-0.3, -0.25) is 9.59 Å². The van der Waals surface area contributed by atoms with Gasteiger partial charge in [0.2, 0.25) is 5.91 Å². The van der Waals surface area contributed by atoms with E-state index in [0.29, 0.717) is 6.08 Å². The summed E-state index contributed by atoms with van der Waals surface area (Å²) in [4.78, 5) is 23.6. The van der Waals surface area contributed by atoms with Crippen LogP contribution in [0.15, 0.2) is 36.4 Å². The zero-order chi connectivity index (χ0) is 27.4. The highest BCUT2D eigenvalue weighted by atomic mass is 35.5. The molecule has 36 heavy (non-hydrogen) atoms. The lowest BCUT2D eigenvalue weighted by molar-refractivity contribution is -0.139. The van der Waals surface area contributed by atoms with E-state index >= 15 is 0 Å². The Hall–Kier alpha value is -2.50. The van der Waals surface area contributed by atoms with Crippen molar-refractivity contribution in [1.82, 2.24) is 10.6 Å². The molecule has 2 amide bonds. The standard InChI is InChI=1S/C22H16Cl3F7N2O2/c1-10-4-11(2-3-13(10)20(36)33-8-18(35)34-9-21(27,28)29)17(26)7-14(22(30,31)32)12-5-15(23)19(25)16(24)6-12/h2-7,14H,8-9H2,1H3,(H,33,36)(H,34,35). The van der Waals surface area contributed by atoms with Gasteiger partial charge in [-0.25, -0.2) is 4.39 Å². The highest BCUT2D eigenvalue weighted by Crippen LogP contribution is 2.42. The molecule has 0 aromatic heterocycles. The summed E-state index contributed by atoms with van der Waals surface area (Å²) in [6, 6.07) is 5.06. The van der Waals surface area contributed by atoms with E-state index in [-0.39, 0.29) is 31.8 Å². The molecular weight excluding hydrogens is 564 g/mol. The van der Waals surface area contributed by atoms with E-state index < -0.39 is 54.6 Å². The monoisotopic (exact) mass is 578 g/mol. The Kier molecular flexibility index (Phi) is 9.66. The molecule has 1 unspecified atom stereocenters. The van der Waals surface area contributed by atoms with Crippen molar-refractivity contribution in [3.8, 4) is 0 Å². The second-order valence-electron chi connectivity index (χ2n) is 7.44. The number of carbonyl (C=O) groups is 2. The van der Waals surface area contributed by atoms with Crippen LogP contribution in [0, 0.1) is 6.92 Å². The van der Waals surface area contributed by atoms with Gasteiger partial charge in [0.15, 0.2) is 0 Å². The maximum Gasteiger partial charge on any atom is 0.405 e. The van der Waals surface area contributed by atoms with E-state index in [1.807, 2.05) is 0 Å². The lowest BCUT2D eigenvalue weighted by atomic mass is 9.95. The summed E-state index contributed by atoms with van der Waals surface area (Å²) in [5, 5.41) is 3.02. The summed E-state index contributed by atoms with van der Waals surface area (Å²) in [5.41, 5.74) is -0.676. The van der Waals surface area contributed by atoms with Crippen LogP contribution in [0.5, 0.6) is 0 Å². The molecule has 4 nitrogen and oxygen atoms in total. The Bertz CT molecular complexity index is 1160. The molecule has 0 fully saturated rings. The fourth-order valence-electron chi connectivity index (χ4n) is 2.96. The Morgan fingerprint density at radius 3 is 2.06 bits per heavy atom. The van der Waals surface area contributed by atoms with Crippen molar-refractivity contribution in [1.29, 1.82) is 0 Å². The molecule has 0 aliphatic rings. The van der Waals surface area contributed by atoms with E-state index in [1.54, 1.807) is 5.32 Å². The molecule has 2 rings (SSSR count). The summed E-state index contributed by atoms with van der Waals surface area (Å²) < 4.78 is 92.2. The third kappa shape index (κ3) is 8.28. The van der Waals surface area contributed by atoms with Crippen LogP contribution in [0.25, 0.3) is 5.83 Å². The number of nitrogens with one attached hydrogen (secondary N) is 2. The molecular formula is C22H16Cl3F7N2O2. The molecule has 0 saturated carbocycles. The number of rotatable bonds is 7. The lowest BCUT2D eigenvalue weighted by Crippen LogP contribution is -2.41. The lowest BCUT2D eigenvalue weighted by Gasteiger charge is -2.19. The van der Waals surface area contributed by atoms with Crippen molar-refractivity contribution in [2.75, 3.05) is 13.1 Å². The molecule has 0 spiro atoms. The number of hydrogen-bond donors (Lipinski definition) is 2. The summed E-state index contributed by atoms with van der Waals surface area (Å²) in [6.07, 6.45) is -9.23. The third-order valence-corrected chi connectivity index (χ3v) is 5.87. The number of amides is 2. The van der Waals surface area contributed by atoms with Gasteiger partial charge in [0.1, 0.15) is 18.3 Å². The zero-order valence-corrected chi connectivity index (χ0v) is 20.3. The average Bonchev–Trinajstić information content (AvgIpc) is 2.76. The Morgan fingerprint density at radius 2 is 1.56 bits per heavy atom. The highest BCUT2D eigenvalue weighted by Gasteiger charge is 2.40. The SMILES string of the molecule is Cc1cc(C(F)=CC(c2cc(Cl)c(Cl)c(Cl)c2)C(F)(F)F)ccc1C(=O)NCC(=O)NCC(F)(F)F. The molecule has 0 aliphatic carbocycles. The molecule has 2 aromatic rings. The van der Waals surface area contributed by atoms with Crippen molar-refractivity contribution >= 4 is 52.4 Å². The smallest absolute Gasteiger partial charge is 0.345 e. The van der Waals surface area contributed by atoms with Gasteiger partial charge in [-0.15, -0.1) is 0 Å². The largest absolute Gasteiger partial charge is 0.405 e. The minimum Gasteiger partial charge on any atom is -0.345 e. The van der Waals surface area contributed by atoms with Gasteiger partial charge in [0.25, 0.3) is 5.91 Å². The topological polar surface area (TPSA) is 58.2 Å². The normalized spacial score (nSPS) is 13.4. The summed E-state index contributed by atoms with van der Waals surface area (Å²) >= 11 is 17.4. The van der Waals surface area contributed by atoms with Crippen molar-refractivity contribution in [3.05, 3.63) is 73.7 Å². The zero-order valence-electron chi connectivity index (χ0n) is 18.1. The number of halogens is 10. The van der Waals surface area contributed by atoms with Gasteiger partial charge in [-0.1, -0.05) is 40.9 Å². The predicted octanol–water partition coefficient (Wildman–Crippen LogP) is 7.02. The first-order chi connectivity index (χ1) is 16.5. The number of hydrogen-bond acceptors (Lipinski definition) is 2. The highest BCUT2D eigenvalue weighted by molar-refractivity contribution is 6.48. The fourth-order valence-corrected chi connectivity index (χ4v) is 3.57. The quantitative estimate of drug-likeness (QED) is 0.274. The molecule has 2 aromatic carbocycles. The van der Waals surface area contributed by atoms with Crippen LogP contribution in [0.4, 0.5) is 30.7 Å². The third-order valence-electron chi connectivity index (χ3n) is 4.67. The second kappa shape index (κ2) is 11.7. The maximum absolute atomic E-state index is 14.9. The van der Waals surface area contributed by atoms with Crippen molar-refractivity contribution < 1.29 is 40.3 Å². The van der Waals surface area contributed by atoms with E-state index in [0.717, 1.165) is 30.3 Å². The molecule has 0 aliphatic heterocycles. The summed E-state index contributed by atoms with van der Waals surface area (Å²) in [6.45, 7) is -0.979. The molecule has 14 heteroatoms. The molecule has 0 heterocycles. The minimum absolute atomic E-state index is 0.0705. The van der Waals surface area contributed by atoms with E-state index in [9.17, 15) is 40.3 Å². The van der Waals surface area contributed by atoms with E-state index in [4.69, 9.17) is 34.8 Å². The van der Waals surface area contributed by atoms with Crippen LogP contribution in [0.2, 0.25) is 15.1 Å².